The number of amides is 2. The molecule has 24 heavy (non-hydrogen) atoms. The van der Waals surface area contributed by atoms with Crippen molar-refractivity contribution in [1.29, 1.82) is 0 Å². The lowest BCUT2D eigenvalue weighted by Gasteiger charge is -2.17. The van der Waals surface area contributed by atoms with Gasteiger partial charge in [-0.2, -0.15) is 0 Å². The van der Waals surface area contributed by atoms with Crippen molar-refractivity contribution >= 4 is 38.4 Å². The predicted molar refractivity (Wildman–Crippen MR) is 89.7 cm³/mol. The first kappa shape index (κ1) is 14.7. The maximum atomic E-state index is 12.9. The largest absolute Gasteiger partial charge is 0.486 e. The van der Waals surface area contributed by atoms with Crippen LogP contribution in [-0.4, -0.2) is 24.2 Å². The van der Waals surface area contributed by atoms with E-state index in [0.29, 0.717) is 35.5 Å². The van der Waals surface area contributed by atoms with E-state index in [1.807, 2.05) is 6.07 Å². The highest BCUT2D eigenvalue weighted by Crippen LogP contribution is 2.37. The summed E-state index contributed by atoms with van der Waals surface area (Å²) in [4.78, 5) is 16.4. The molecule has 2 N–H and O–H groups in total. The quantitative estimate of drug-likeness (QED) is 0.740. The van der Waals surface area contributed by atoms with E-state index >= 15 is 0 Å². The first-order valence-electron chi connectivity index (χ1n) is 7.21. The summed E-state index contributed by atoms with van der Waals surface area (Å²) >= 11 is 1.33. The van der Waals surface area contributed by atoms with Crippen LogP contribution in [0.25, 0.3) is 10.2 Å². The van der Waals surface area contributed by atoms with E-state index in [1.54, 1.807) is 6.07 Å². The molecule has 8 heteroatoms. The number of aromatic nitrogens is 1. The molecule has 0 unspecified atom stereocenters. The molecule has 2 aromatic carbocycles. The summed E-state index contributed by atoms with van der Waals surface area (Å²) in [6.07, 6.45) is 0. The number of nitrogens with one attached hydrogen (secondary N) is 2. The molecule has 0 aliphatic carbocycles. The van der Waals surface area contributed by atoms with Crippen molar-refractivity contribution in [2.75, 3.05) is 23.8 Å². The lowest BCUT2D eigenvalue weighted by molar-refractivity contribution is 0.172. The van der Waals surface area contributed by atoms with Crippen molar-refractivity contribution in [3.05, 3.63) is 42.2 Å². The van der Waals surface area contributed by atoms with E-state index in [4.69, 9.17) is 9.47 Å². The van der Waals surface area contributed by atoms with Crippen molar-refractivity contribution in [1.82, 2.24) is 4.98 Å². The van der Waals surface area contributed by atoms with Gasteiger partial charge >= 0.3 is 6.03 Å². The van der Waals surface area contributed by atoms with Gasteiger partial charge in [-0.05, 0) is 24.3 Å². The van der Waals surface area contributed by atoms with Crippen molar-refractivity contribution < 1.29 is 18.7 Å². The van der Waals surface area contributed by atoms with Gasteiger partial charge in [-0.15, -0.1) is 0 Å². The number of ether oxygens (including phenoxy) is 2. The summed E-state index contributed by atoms with van der Waals surface area (Å²) in [5.74, 6) is 0.974. The number of halogens is 1. The minimum absolute atomic E-state index is 0.361. The molecular formula is C16H12FN3O3S. The predicted octanol–water partition coefficient (Wildman–Crippen LogP) is 3.85. The van der Waals surface area contributed by atoms with Crippen molar-refractivity contribution in [2.24, 2.45) is 0 Å². The minimum atomic E-state index is -0.446. The number of thiazole rings is 1. The van der Waals surface area contributed by atoms with E-state index in [1.165, 1.54) is 35.6 Å². The smallest absolute Gasteiger partial charge is 0.325 e. The standard InChI is InChI=1S/C16H12FN3O3S/c17-9-1-3-10(4-2-9)18-15(21)20-16-19-11-7-12-13(8-14(11)24-16)23-6-5-22-12/h1-4,7-8H,5-6H2,(H2,18,19,20,21). The zero-order valence-electron chi connectivity index (χ0n) is 12.3. The first-order chi connectivity index (χ1) is 11.7. The van der Waals surface area contributed by atoms with E-state index in [2.05, 4.69) is 15.6 Å². The molecule has 0 radical (unpaired) electrons. The number of carbonyl (C=O) groups excluding carboxylic acids is 1. The molecule has 2 amide bonds. The summed E-state index contributed by atoms with van der Waals surface area (Å²) in [5, 5.41) is 5.74. The van der Waals surface area contributed by atoms with E-state index < -0.39 is 6.03 Å². The van der Waals surface area contributed by atoms with Gasteiger partial charge in [0.25, 0.3) is 0 Å². The maximum Gasteiger partial charge on any atom is 0.325 e. The Labute approximate surface area is 140 Å². The topological polar surface area (TPSA) is 72.5 Å². The Morgan fingerprint density at radius 1 is 1.08 bits per heavy atom. The summed E-state index contributed by atoms with van der Waals surface area (Å²) < 4.78 is 24.8. The van der Waals surface area contributed by atoms with Crippen LogP contribution in [0.5, 0.6) is 11.5 Å². The maximum absolute atomic E-state index is 12.9. The van der Waals surface area contributed by atoms with Crippen molar-refractivity contribution in [3.8, 4) is 11.5 Å². The molecule has 0 bridgehead atoms. The van der Waals surface area contributed by atoms with Crippen LogP contribution in [-0.2, 0) is 0 Å². The normalized spacial score (nSPS) is 12.9. The van der Waals surface area contributed by atoms with Gasteiger partial charge in [-0.3, -0.25) is 5.32 Å². The number of fused-ring (bicyclic) bond motifs is 2. The third-order valence-corrected chi connectivity index (χ3v) is 4.31. The van der Waals surface area contributed by atoms with E-state index in [0.717, 1.165) is 10.2 Å². The lowest BCUT2D eigenvalue weighted by atomic mass is 10.3. The zero-order valence-corrected chi connectivity index (χ0v) is 13.2. The van der Waals surface area contributed by atoms with Gasteiger partial charge in [0.1, 0.15) is 19.0 Å². The Morgan fingerprint density at radius 2 is 1.79 bits per heavy atom. The van der Waals surface area contributed by atoms with Crippen LogP contribution in [0.15, 0.2) is 36.4 Å². The van der Waals surface area contributed by atoms with Crippen LogP contribution in [0, 0.1) is 5.82 Å². The number of rotatable bonds is 2. The molecule has 1 aromatic heterocycles. The highest BCUT2D eigenvalue weighted by molar-refractivity contribution is 7.22. The molecular weight excluding hydrogens is 333 g/mol. The summed E-state index contributed by atoms with van der Waals surface area (Å²) in [6, 6.07) is 8.72. The van der Waals surface area contributed by atoms with Crippen LogP contribution >= 0.6 is 11.3 Å². The molecule has 1 aliphatic rings. The molecule has 0 atom stereocenters. The highest BCUT2D eigenvalue weighted by atomic mass is 32.1. The third kappa shape index (κ3) is 2.95. The molecule has 122 valence electrons. The molecule has 0 saturated carbocycles. The number of anilines is 2. The number of hydrogen-bond donors (Lipinski definition) is 2. The minimum Gasteiger partial charge on any atom is -0.486 e. The van der Waals surface area contributed by atoms with Crippen molar-refractivity contribution in [3.63, 3.8) is 0 Å². The lowest BCUT2D eigenvalue weighted by Crippen LogP contribution is -2.19. The first-order valence-corrected chi connectivity index (χ1v) is 8.03. The second kappa shape index (κ2) is 5.97. The number of benzene rings is 2. The molecule has 3 aromatic rings. The monoisotopic (exact) mass is 345 g/mol. The van der Waals surface area contributed by atoms with Crippen LogP contribution in [0.4, 0.5) is 20.0 Å². The Hall–Kier alpha value is -2.87. The number of urea groups is 1. The second-order valence-corrected chi connectivity index (χ2v) is 6.10. The molecule has 1 aliphatic heterocycles. The van der Waals surface area contributed by atoms with Crippen molar-refractivity contribution in [2.45, 2.75) is 0 Å². The highest BCUT2D eigenvalue weighted by Gasteiger charge is 2.16. The van der Waals surface area contributed by atoms with Crippen LogP contribution < -0.4 is 20.1 Å². The Morgan fingerprint density at radius 3 is 2.54 bits per heavy atom. The average Bonchev–Trinajstić information content (AvgIpc) is 2.95. The summed E-state index contributed by atoms with van der Waals surface area (Å²) in [7, 11) is 0. The molecule has 0 fully saturated rings. The van der Waals surface area contributed by atoms with Crippen LogP contribution in [0.1, 0.15) is 0 Å². The Bertz CT molecular complexity index is 868. The molecule has 2 heterocycles. The zero-order chi connectivity index (χ0) is 16.5. The third-order valence-electron chi connectivity index (χ3n) is 3.37. The van der Waals surface area contributed by atoms with Crippen LogP contribution in [0.3, 0.4) is 0 Å². The Balaban J connectivity index is 1.51. The summed E-state index contributed by atoms with van der Waals surface area (Å²) in [5.41, 5.74) is 1.22. The van der Waals surface area contributed by atoms with Gasteiger partial charge in [0, 0.05) is 17.8 Å². The molecule has 0 spiro atoms. The SMILES string of the molecule is O=C(Nc1ccc(F)cc1)Nc1nc2cc3c(cc2s1)OCCO3. The molecule has 4 rings (SSSR count). The fourth-order valence-electron chi connectivity index (χ4n) is 2.31. The van der Waals surface area contributed by atoms with E-state index in [9.17, 15) is 9.18 Å². The molecule has 0 saturated heterocycles. The van der Waals surface area contributed by atoms with Gasteiger partial charge < -0.3 is 14.8 Å². The fraction of sp³-hybridized carbons (Fsp3) is 0.125. The number of hydrogen-bond acceptors (Lipinski definition) is 5. The van der Waals surface area contributed by atoms with Gasteiger partial charge in [-0.1, -0.05) is 11.3 Å². The number of nitrogens with zero attached hydrogens (tertiary/aromatic N) is 1. The summed E-state index contributed by atoms with van der Waals surface area (Å²) in [6.45, 7) is 1.02. The van der Waals surface area contributed by atoms with E-state index in [-0.39, 0.29) is 5.82 Å². The Kier molecular flexibility index (Phi) is 3.66. The van der Waals surface area contributed by atoms with Gasteiger partial charge in [0.05, 0.1) is 10.2 Å². The fourth-order valence-corrected chi connectivity index (χ4v) is 3.18. The van der Waals surface area contributed by atoms with Crippen LogP contribution in [0.2, 0.25) is 0 Å². The van der Waals surface area contributed by atoms with Gasteiger partial charge in [-0.25, -0.2) is 14.2 Å². The van der Waals surface area contributed by atoms with Gasteiger partial charge in [0.15, 0.2) is 16.6 Å². The van der Waals surface area contributed by atoms with Gasteiger partial charge in [0.2, 0.25) is 0 Å². The molecule has 6 nitrogen and oxygen atoms in total. The second-order valence-electron chi connectivity index (χ2n) is 5.07. The number of carbonyl (C=O) groups is 1. The average molecular weight is 345 g/mol.